The summed E-state index contributed by atoms with van der Waals surface area (Å²) in [6, 6.07) is 8.29. The third-order valence-electron chi connectivity index (χ3n) is 7.47. The Labute approximate surface area is 201 Å². The van der Waals surface area contributed by atoms with Crippen LogP contribution in [0, 0.1) is 13.8 Å². The molecule has 1 fully saturated rings. The van der Waals surface area contributed by atoms with Crippen LogP contribution in [0.2, 0.25) is 0 Å². The van der Waals surface area contributed by atoms with E-state index in [4.69, 9.17) is 0 Å². The summed E-state index contributed by atoms with van der Waals surface area (Å²) in [5.74, 6) is -1.67. The second-order valence-electron chi connectivity index (χ2n) is 9.51. The monoisotopic (exact) mass is 462 g/mol. The lowest BCUT2D eigenvalue weighted by Gasteiger charge is -2.34. The SMILES string of the molecule is CCc1ccc(-c2c(C)c3c(c(C)c2CC(=O)O)CCN(C(=O)C(=O)N2CCCCC2)C3)cc1. The van der Waals surface area contributed by atoms with Gasteiger partial charge in [-0.3, -0.25) is 14.4 Å². The molecule has 2 aromatic rings. The molecular formula is C28H34N2O4. The molecule has 0 radical (unpaired) electrons. The molecule has 0 saturated carbocycles. The van der Waals surface area contributed by atoms with Crippen LogP contribution in [0.25, 0.3) is 11.1 Å². The first-order chi connectivity index (χ1) is 16.3. The number of aliphatic carboxylic acids is 1. The standard InChI is InChI=1S/C28H34N2O4/c1-4-20-8-10-21(11-9-20)26-19(3)24-17-30(28(34)27(33)29-13-6-5-7-14-29)15-12-22(24)18(2)23(26)16-25(31)32/h8-11H,4-7,12-17H2,1-3H3,(H,31,32). The molecule has 6 heteroatoms. The summed E-state index contributed by atoms with van der Waals surface area (Å²) in [6.07, 6.45) is 4.53. The molecule has 2 aliphatic rings. The zero-order chi connectivity index (χ0) is 24.4. The number of piperidine rings is 1. The van der Waals surface area contributed by atoms with Crippen molar-refractivity contribution in [2.75, 3.05) is 19.6 Å². The predicted octanol–water partition coefficient (Wildman–Crippen LogP) is 4.06. The number of aryl methyl sites for hydroxylation is 1. The van der Waals surface area contributed by atoms with Crippen molar-refractivity contribution in [3.05, 3.63) is 57.6 Å². The van der Waals surface area contributed by atoms with Crippen LogP contribution in [0.1, 0.15) is 59.6 Å². The van der Waals surface area contributed by atoms with Gasteiger partial charge in [-0.15, -0.1) is 0 Å². The Morgan fingerprint density at radius 2 is 1.50 bits per heavy atom. The van der Waals surface area contributed by atoms with Crippen LogP contribution < -0.4 is 0 Å². The highest BCUT2D eigenvalue weighted by atomic mass is 16.4. The minimum Gasteiger partial charge on any atom is -0.481 e. The quantitative estimate of drug-likeness (QED) is 0.695. The van der Waals surface area contributed by atoms with Crippen LogP contribution in [0.4, 0.5) is 0 Å². The average Bonchev–Trinajstić information content (AvgIpc) is 2.86. The number of nitrogens with zero attached hydrogens (tertiary/aromatic N) is 2. The number of carbonyl (C=O) groups is 3. The zero-order valence-electron chi connectivity index (χ0n) is 20.4. The molecule has 180 valence electrons. The van der Waals surface area contributed by atoms with Gasteiger partial charge in [0.15, 0.2) is 0 Å². The van der Waals surface area contributed by atoms with Crippen molar-refractivity contribution in [1.29, 1.82) is 0 Å². The minimum atomic E-state index is -0.853. The van der Waals surface area contributed by atoms with Gasteiger partial charge in [-0.05, 0) is 90.5 Å². The summed E-state index contributed by atoms with van der Waals surface area (Å²) in [5, 5.41) is 9.64. The number of hydrogen-bond acceptors (Lipinski definition) is 3. The van der Waals surface area contributed by atoms with E-state index in [0.717, 1.165) is 64.6 Å². The molecule has 34 heavy (non-hydrogen) atoms. The number of carbonyl (C=O) groups excluding carboxylic acids is 2. The van der Waals surface area contributed by atoms with E-state index in [-0.39, 0.29) is 6.42 Å². The Morgan fingerprint density at radius 1 is 0.853 bits per heavy atom. The maximum atomic E-state index is 13.1. The summed E-state index contributed by atoms with van der Waals surface area (Å²) in [4.78, 5) is 41.1. The Morgan fingerprint density at radius 3 is 2.12 bits per heavy atom. The highest BCUT2D eigenvalue weighted by Crippen LogP contribution is 2.38. The molecule has 2 amide bonds. The molecule has 4 rings (SSSR count). The zero-order valence-corrected chi connectivity index (χ0v) is 20.4. The molecule has 1 saturated heterocycles. The Hall–Kier alpha value is -3.15. The smallest absolute Gasteiger partial charge is 0.312 e. The molecule has 6 nitrogen and oxygen atoms in total. The molecular weight excluding hydrogens is 428 g/mol. The van der Waals surface area contributed by atoms with Gasteiger partial charge in [0, 0.05) is 26.2 Å². The van der Waals surface area contributed by atoms with E-state index in [1.807, 2.05) is 13.8 Å². The second kappa shape index (κ2) is 10.00. The highest BCUT2D eigenvalue weighted by molar-refractivity contribution is 6.34. The predicted molar refractivity (Wildman–Crippen MR) is 132 cm³/mol. The summed E-state index contributed by atoms with van der Waals surface area (Å²) < 4.78 is 0. The van der Waals surface area contributed by atoms with Gasteiger partial charge in [0.05, 0.1) is 6.42 Å². The third kappa shape index (κ3) is 4.59. The molecule has 2 aromatic carbocycles. The van der Waals surface area contributed by atoms with Gasteiger partial charge in [0.25, 0.3) is 0 Å². The molecule has 0 aliphatic carbocycles. The lowest BCUT2D eigenvalue weighted by Crippen LogP contribution is -2.48. The number of likely N-dealkylation sites (tertiary alicyclic amines) is 1. The van der Waals surface area contributed by atoms with E-state index >= 15 is 0 Å². The molecule has 0 unspecified atom stereocenters. The number of benzene rings is 2. The first kappa shape index (κ1) is 24.0. The van der Waals surface area contributed by atoms with Crippen molar-refractivity contribution >= 4 is 17.8 Å². The van der Waals surface area contributed by atoms with E-state index in [1.165, 1.54) is 5.56 Å². The van der Waals surface area contributed by atoms with Gasteiger partial charge in [-0.25, -0.2) is 0 Å². The van der Waals surface area contributed by atoms with E-state index < -0.39 is 17.8 Å². The van der Waals surface area contributed by atoms with Crippen LogP contribution in [0.5, 0.6) is 0 Å². The fourth-order valence-corrected chi connectivity index (χ4v) is 5.48. The largest absolute Gasteiger partial charge is 0.481 e. The number of amides is 2. The van der Waals surface area contributed by atoms with E-state index in [1.54, 1.807) is 9.80 Å². The molecule has 0 spiro atoms. The minimum absolute atomic E-state index is 0.0408. The molecule has 0 bridgehead atoms. The summed E-state index contributed by atoms with van der Waals surface area (Å²) in [7, 11) is 0. The summed E-state index contributed by atoms with van der Waals surface area (Å²) in [5.41, 5.74) is 8.17. The van der Waals surface area contributed by atoms with Crippen LogP contribution in [-0.4, -0.2) is 52.3 Å². The van der Waals surface area contributed by atoms with Crippen molar-refractivity contribution in [3.63, 3.8) is 0 Å². The molecule has 2 heterocycles. The van der Waals surface area contributed by atoms with Gasteiger partial charge < -0.3 is 14.9 Å². The topological polar surface area (TPSA) is 77.9 Å². The average molecular weight is 463 g/mol. The first-order valence-corrected chi connectivity index (χ1v) is 12.3. The molecule has 0 atom stereocenters. The highest BCUT2D eigenvalue weighted by Gasteiger charge is 2.32. The van der Waals surface area contributed by atoms with Gasteiger partial charge in [-0.2, -0.15) is 0 Å². The number of rotatable bonds is 4. The van der Waals surface area contributed by atoms with Crippen molar-refractivity contribution in [1.82, 2.24) is 9.80 Å². The Balaban J connectivity index is 1.72. The summed E-state index contributed by atoms with van der Waals surface area (Å²) >= 11 is 0. The lowest BCUT2D eigenvalue weighted by molar-refractivity contribution is -0.152. The lowest BCUT2D eigenvalue weighted by atomic mass is 9.81. The van der Waals surface area contributed by atoms with E-state index in [0.29, 0.717) is 32.6 Å². The first-order valence-electron chi connectivity index (χ1n) is 12.3. The number of hydrogen-bond donors (Lipinski definition) is 1. The van der Waals surface area contributed by atoms with Crippen LogP contribution in [-0.2, 0) is 40.2 Å². The maximum absolute atomic E-state index is 13.1. The van der Waals surface area contributed by atoms with E-state index in [2.05, 4.69) is 31.2 Å². The molecule has 2 aliphatic heterocycles. The Bertz CT molecular complexity index is 1110. The third-order valence-corrected chi connectivity index (χ3v) is 7.47. The maximum Gasteiger partial charge on any atom is 0.312 e. The molecule has 0 aromatic heterocycles. The normalized spacial score (nSPS) is 15.7. The van der Waals surface area contributed by atoms with Gasteiger partial charge >= 0.3 is 17.8 Å². The van der Waals surface area contributed by atoms with Crippen molar-refractivity contribution in [3.8, 4) is 11.1 Å². The van der Waals surface area contributed by atoms with Crippen LogP contribution in [0.15, 0.2) is 24.3 Å². The molecule has 1 N–H and O–H groups in total. The Kier molecular flexibility index (Phi) is 7.05. The summed E-state index contributed by atoms with van der Waals surface area (Å²) in [6.45, 7) is 8.30. The van der Waals surface area contributed by atoms with Crippen molar-refractivity contribution < 1.29 is 19.5 Å². The number of carboxylic acids is 1. The van der Waals surface area contributed by atoms with E-state index in [9.17, 15) is 19.5 Å². The van der Waals surface area contributed by atoms with Crippen LogP contribution in [0.3, 0.4) is 0 Å². The van der Waals surface area contributed by atoms with Gasteiger partial charge in [0.1, 0.15) is 0 Å². The fourth-order valence-electron chi connectivity index (χ4n) is 5.48. The van der Waals surface area contributed by atoms with Crippen molar-refractivity contribution in [2.24, 2.45) is 0 Å². The van der Waals surface area contributed by atoms with Gasteiger partial charge in [0.2, 0.25) is 0 Å². The van der Waals surface area contributed by atoms with Gasteiger partial charge in [-0.1, -0.05) is 31.2 Å². The van der Waals surface area contributed by atoms with Crippen LogP contribution >= 0.6 is 0 Å². The number of carboxylic acid groups (broad SMARTS) is 1. The fraction of sp³-hybridized carbons (Fsp3) is 0.464. The van der Waals surface area contributed by atoms with Crippen molar-refractivity contribution in [2.45, 2.75) is 65.8 Å². The number of fused-ring (bicyclic) bond motifs is 1. The second-order valence-corrected chi connectivity index (χ2v) is 9.51.